The Balaban J connectivity index is 1.82. The second kappa shape index (κ2) is 9.36. The molecule has 142 valence electrons. The molecule has 0 unspecified atom stereocenters. The number of sulfonamides is 1. The van der Waals surface area contributed by atoms with Gasteiger partial charge in [0.1, 0.15) is 10.8 Å². The van der Waals surface area contributed by atoms with E-state index in [9.17, 15) is 8.42 Å². The van der Waals surface area contributed by atoms with Crippen molar-refractivity contribution in [3.63, 3.8) is 0 Å². The van der Waals surface area contributed by atoms with Crippen molar-refractivity contribution in [3.8, 4) is 0 Å². The molecule has 4 N–H and O–H groups in total. The Morgan fingerprint density at radius 1 is 1.31 bits per heavy atom. The van der Waals surface area contributed by atoms with Gasteiger partial charge < -0.3 is 16.4 Å². The fourth-order valence-corrected chi connectivity index (χ4v) is 4.86. The maximum absolute atomic E-state index is 12.2. The molecular formula is C16H23N5O2S3. The summed E-state index contributed by atoms with van der Waals surface area (Å²) in [7, 11) is 0.230. The van der Waals surface area contributed by atoms with Gasteiger partial charge >= 0.3 is 0 Å². The third-order valence-corrected chi connectivity index (χ3v) is 6.44. The van der Waals surface area contributed by atoms with E-state index in [1.165, 1.54) is 24.3 Å². The van der Waals surface area contributed by atoms with E-state index in [2.05, 4.69) is 19.7 Å². The van der Waals surface area contributed by atoms with Gasteiger partial charge in [0.25, 0.3) is 10.0 Å². The monoisotopic (exact) mass is 413 g/mol. The Kier molecular flexibility index (Phi) is 7.44. The quantitative estimate of drug-likeness (QED) is 0.280. The number of thioether (sulfide) groups is 1. The van der Waals surface area contributed by atoms with Crippen LogP contribution < -0.4 is 11.5 Å². The van der Waals surface area contributed by atoms with E-state index >= 15 is 0 Å². The Morgan fingerprint density at radius 3 is 2.65 bits per heavy atom. The van der Waals surface area contributed by atoms with Crippen LogP contribution >= 0.6 is 23.1 Å². The van der Waals surface area contributed by atoms with E-state index in [-0.39, 0.29) is 10.7 Å². The van der Waals surface area contributed by atoms with Crippen LogP contribution in [0.2, 0.25) is 0 Å². The summed E-state index contributed by atoms with van der Waals surface area (Å²) < 4.78 is 28.0. The predicted molar refractivity (Wildman–Crippen MR) is 110 cm³/mol. The lowest BCUT2D eigenvalue weighted by Gasteiger charge is -2.05. The molecule has 0 aliphatic rings. The lowest BCUT2D eigenvalue weighted by Crippen LogP contribution is -2.15. The fraction of sp³-hybridized carbons (Fsp3) is 0.375. The summed E-state index contributed by atoms with van der Waals surface area (Å²) in [5.41, 5.74) is 12.9. The molecule has 1 aromatic carbocycles. The minimum atomic E-state index is -3.79. The molecule has 0 aliphatic carbocycles. The van der Waals surface area contributed by atoms with Gasteiger partial charge in [-0.3, -0.25) is 0 Å². The van der Waals surface area contributed by atoms with Crippen LogP contribution in [0.5, 0.6) is 0 Å². The normalized spacial score (nSPS) is 12.7. The summed E-state index contributed by atoms with van der Waals surface area (Å²) in [6.07, 6.45) is 0.396. The van der Waals surface area contributed by atoms with Gasteiger partial charge in [-0.25, -0.2) is 4.98 Å². The Morgan fingerprint density at radius 2 is 2.00 bits per heavy atom. The molecular weight excluding hydrogens is 390 g/mol. The second-order valence-corrected chi connectivity index (χ2v) is 9.55. The van der Waals surface area contributed by atoms with E-state index in [4.69, 9.17) is 11.5 Å². The van der Waals surface area contributed by atoms with Crippen LogP contribution in [0.4, 0.5) is 5.69 Å². The molecule has 26 heavy (non-hydrogen) atoms. The number of anilines is 1. The minimum Gasteiger partial charge on any atom is -0.399 e. The Bertz CT molecular complexity index is 845. The van der Waals surface area contributed by atoms with Crippen LogP contribution in [-0.2, 0) is 22.3 Å². The number of hydrogen-bond acceptors (Lipinski definition) is 7. The topological polar surface area (TPSA) is 115 Å². The van der Waals surface area contributed by atoms with Crippen LogP contribution in [-0.4, -0.2) is 44.0 Å². The second-order valence-electron chi connectivity index (χ2n) is 5.90. The van der Waals surface area contributed by atoms with Crippen molar-refractivity contribution in [1.29, 1.82) is 0 Å². The predicted octanol–water partition coefficient (Wildman–Crippen LogP) is 2.16. The van der Waals surface area contributed by atoms with Gasteiger partial charge in [-0.2, -0.15) is 20.2 Å². The average molecular weight is 414 g/mol. The zero-order chi connectivity index (χ0) is 19.2. The van der Waals surface area contributed by atoms with Crippen molar-refractivity contribution in [2.24, 2.45) is 10.1 Å². The van der Waals surface area contributed by atoms with E-state index < -0.39 is 10.0 Å². The van der Waals surface area contributed by atoms with Gasteiger partial charge in [0.05, 0.1) is 10.6 Å². The molecule has 0 saturated carbocycles. The van der Waals surface area contributed by atoms with Gasteiger partial charge in [0.15, 0.2) is 0 Å². The number of nitrogen functional groups attached to an aromatic ring is 1. The number of amidine groups is 1. The maximum atomic E-state index is 12.2. The molecule has 0 spiro atoms. The van der Waals surface area contributed by atoms with Crippen LogP contribution in [0.25, 0.3) is 0 Å². The van der Waals surface area contributed by atoms with E-state index in [1.807, 2.05) is 14.1 Å². The molecule has 2 aromatic rings. The van der Waals surface area contributed by atoms with Gasteiger partial charge in [0.2, 0.25) is 0 Å². The highest BCUT2D eigenvalue weighted by Crippen LogP contribution is 2.18. The standard InChI is InChI=1S/C16H23N5O2S3/c1-21(2)9-16-19-13(11-25-16)10-24-8-7-15(18)20-26(22,23)14-5-3-12(17)4-6-14/h3-6,11H,7-10,17H2,1-2H3,(H2,18,20). The lowest BCUT2D eigenvalue weighted by atomic mass is 10.3. The largest absolute Gasteiger partial charge is 0.399 e. The summed E-state index contributed by atoms with van der Waals surface area (Å²) in [6.45, 7) is 0.831. The van der Waals surface area contributed by atoms with Crippen molar-refractivity contribution in [3.05, 3.63) is 40.3 Å². The molecule has 0 bridgehead atoms. The molecule has 0 atom stereocenters. The van der Waals surface area contributed by atoms with Crippen molar-refractivity contribution < 1.29 is 8.42 Å². The van der Waals surface area contributed by atoms with Crippen LogP contribution in [0.15, 0.2) is 38.9 Å². The molecule has 0 fully saturated rings. The first-order valence-electron chi connectivity index (χ1n) is 7.87. The molecule has 0 aliphatic heterocycles. The summed E-state index contributed by atoms with van der Waals surface area (Å²) in [5, 5.41) is 3.13. The molecule has 1 aromatic heterocycles. The number of hydrogen-bond donors (Lipinski definition) is 2. The molecule has 0 saturated heterocycles. The number of aromatic nitrogens is 1. The number of nitrogens with zero attached hydrogens (tertiary/aromatic N) is 3. The average Bonchev–Trinajstić information content (AvgIpc) is 2.98. The zero-order valence-corrected chi connectivity index (χ0v) is 17.2. The van der Waals surface area contributed by atoms with Gasteiger partial charge in [-0.1, -0.05) is 0 Å². The SMILES string of the molecule is CN(C)Cc1nc(CSCCC(N)=NS(=O)(=O)c2ccc(N)cc2)cs1. The maximum Gasteiger partial charge on any atom is 0.283 e. The third kappa shape index (κ3) is 6.60. The van der Waals surface area contributed by atoms with Gasteiger partial charge in [0, 0.05) is 35.5 Å². The first kappa shape index (κ1) is 20.7. The summed E-state index contributed by atoms with van der Waals surface area (Å²) >= 11 is 3.29. The van der Waals surface area contributed by atoms with Crippen molar-refractivity contribution in [2.45, 2.75) is 23.6 Å². The van der Waals surface area contributed by atoms with Gasteiger partial charge in [-0.05, 0) is 38.4 Å². The first-order valence-corrected chi connectivity index (χ1v) is 11.3. The number of thiazole rings is 1. The molecule has 1 heterocycles. The number of nitrogens with two attached hydrogens (primary N) is 2. The smallest absolute Gasteiger partial charge is 0.283 e. The summed E-state index contributed by atoms with van der Waals surface area (Å²) in [6, 6.07) is 5.88. The molecule has 2 rings (SSSR count). The fourth-order valence-electron chi connectivity index (χ4n) is 2.00. The van der Waals surface area contributed by atoms with Crippen molar-refractivity contribution in [2.75, 3.05) is 25.6 Å². The Labute approximate surface area is 162 Å². The van der Waals surface area contributed by atoms with Crippen molar-refractivity contribution >= 4 is 44.6 Å². The van der Waals surface area contributed by atoms with Crippen molar-refractivity contribution in [1.82, 2.24) is 9.88 Å². The highest BCUT2D eigenvalue weighted by Gasteiger charge is 2.13. The third-order valence-electron chi connectivity index (χ3n) is 3.22. The van der Waals surface area contributed by atoms with Crippen LogP contribution in [0.1, 0.15) is 17.1 Å². The number of benzene rings is 1. The van der Waals surface area contributed by atoms with E-state index in [0.29, 0.717) is 17.9 Å². The summed E-state index contributed by atoms with van der Waals surface area (Å²) in [4.78, 5) is 6.72. The molecule has 10 heteroatoms. The molecule has 0 radical (unpaired) electrons. The van der Waals surface area contributed by atoms with Crippen LogP contribution in [0, 0.1) is 0 Å². The highest BCUT2D eigenvalue weighted by molar-refractivity contribution is 7.98. The molecule has 0 amide bonds. The number of rotatable bonds is 9. The first-order chi connectivity index (χ1) is 12.3. The minimum absolute atomic E-state index is 0.0817. The summed E-state index contributed by atoms with van der Waals surface area (Å²) in [5.74, 6) is 1.54. The van der Waals surface area contributed by atoms with Crippen LogP contribution in [0.3, 0.4) is 0 Å². The lowest BCUT2D eigenvalue weighted by molar-refractivity contribution is 0.401. The molecule has 7 nitrogen and oxygen atoms in total. The zero-order valence-electron chi connectivity index (χ0n) is 14.8. The van der Waals surface area contributed by atoms with E-state index in [1.54, 1.807) is 23.1 Å². The van der Waals surface area contributed by atoms with Gasteiger partial charge in [-0.15, -0.1) is 15.7 Å². The highest BCUT2D eigenvalue weighted by atomic mass is 32.2. The Hall–Kier alpha value is -1.62. The van der Waals surface area contributed by atoms with E-state index in [0.717, 1.165) is 23.0 Å².